The molecule has 1 aromatic heterocycles. The van der Waals surface area contributed by atoms with Crippen LogP contribution in [0.1, 0.15) is 36.3 Å². The summed E-state index contributed by atoms with van der Waals surface area (Å²) in [4.78, 5) is 4.29. The van der Waals surface area contributed by atoms with Crippen LogP contribution in [0.25, 0.3) is 0 Å². The molecule has 6 heteroatoms. The van der Waals surface area contributed by atoms with Crippen molar-refractivity contribution in [3.8, 4) is 5.75 Å². The average Bonchev–Trinajstić information content (AvgIpc) is 3.27. The second-order valence-electron chi connectivity index (χ2n) is 6.19. The fourth-order valence-corrected chi connectivity index (χ4v) is 2.67. The van der Waals surface area contributed by atoms with E-state index in [1.165, 1.54) is 0 Å². The van der Waals surface area contributed by atoms with E-state index in [1.807, 2.05) is 37.3 Å². The highest BCUT2D eigenvalue weighted by atomic mass is 16.5. The zero-order valence-corrected chi connectivity index (χ0v) is 14.5. The minimum absolute atomic E-state index is 0.00969. The average molecular weight is 344 g/mol. The lowest BCUT2D eigenvalue weighted by molar-refractivity contribution is 0.130. The topological polar surface area (TPSA) is 77.1 Å². The SMILES string of the molecule is Cc1cc(CCCCCOc2ccc(C3=NCC(CO)O3)cc2)on1. The molecule has 0 bridgehead atoms. The number of aryl methyl sites for hydroxylation is 2. The minimum atomic E-state index is -0.216. The number of nitrogens with zero attached hydrogens (tertiary/aromatic N) is 2. The molecule has 1 unspecified atom stereocenters. The quantitative estimate of drug-likeness (QED) is 0.708. The number of ether oxygens (including phenoxy) is 2. The highest BCUT2D eigenvalue weighted by Crippen LogP contribution is 2.17. The predicted molar refractivity (Wildman–Crippen MR) is 94.1 cm³/mol. The predicted octanol–water partition coefficient (Wildman–Crippen LogP) is 2.91. The van der Waals surface area contributed by atoms with Gasteiger partial charge in [-0.2, -0.15) is 0 Å². The molecule has 0 spiro atoms. The first-order chi connectivity index (χ1) is 12.2. The van der Waals surface area contributed by atoms with Crippen molar-refractivity contribution in [3.63, 3.8) is 0 Å². The smallest absolute Gasteiger partial charge is 0.216 e. The minimum Gasteiger partial charge on any atom is -0.494 e. The molecule has 2 aromatic rings. The number of benzene rings is 1. The molecule has 0 aliphatic carbocycles. The Bertz CT molecular complexity index is 694. The Morgan fingerprint density at radius 3 is 2.72 bits per heavy atom. The van der Waals surface area contributed by atoms with Gasteiger partial charge in [0.15, 0.2) is 0 Å². The third kappa shape index (κ3) is 5.06. The summed E-state index contributed by atoms with van der Waals surface area (Å²) in [6.45, 7) is 3.13. The monoisotopic (exact) mass is 344 g/mol. The summed E-state index contributed by atoms with van der Waals surface area (Å²) in [7, 11) is 0. The van der Waals surface area contributed by atoms with Crippen molar-refractivity contribution in [1.29, 1.82) is 0 Å². The Labute approximate surface area is 147 Å². The molecule has 1 aliphatic rings. The number of aliphatic hydroxyl groups excluding tert-OH is 1. The van der Waals surface area contributed by atoms with E-state index in [-0.39, 0.29) is 12.7 Å². The molecule has 1 aliphatic heterocycles. The fourth-order valence-electron chi connectivity index (χ4n) is 2.67. The van der Waals surface area contributed by atoms with Gasteiger partial charge in [0.05, 0.1) is 25.5 Å². The van der Waals surface area contributed by atoms with Crippen LogP contribution in [0.2, 0.25) is 0 Å². The molecule has 134 valence electrons. The Balaban J connectivity index is 1.33. The molecule has 2 heterocycles. The molecule has 6 nitrogen and oxygen atoms in total. The van der Waals surface area contributed by atoms with E-state index in [0.29, 0.717) is 19.0 Å². The third-order valence-electron chi connectivity index (χ3n) is 4.03. The van der Waals surface area contributed by atoms with E-state index in [9.17, 15) is 0 Å². The van der Waals surface area contributed by atoms with Gasteiger partial charge in [0.25, 0.3) is 0 Å². The van der Waals surface area contributed by atoms with Gasteiger partial charge in [-0.25, -0.2) is 4.99 Å². The van der Waals surface area contributed by atoms with Crippen LogP contribution in [0.3, 0.4) is 0 Å². The first-order valence-electron chi connectivity index (χ1n) is 8.72. The molecule has 0 saturated heterocycles. The molecule has 1 aromatic carbocycles. The van der Waals surface area contributed by atoms with Crippen LogP contribution in [0.5, 0.6) is 5.75 Å². The van der Waals surface area contributed by atoms with Crippen LogP contribution in [-0.2, 0) is 11.2 Å². The first-order valence-corrected chi connectivity index (χ1v) is 8.72. The summed E-state index contributed by atoms with van der Waals surface area (Å²) < 4.78 is 16.5. The van der Waals surface area contributed by atoms with E-state index < -0.39 is 0 Å². The molecule has 25 heavy (non-hydrogen) atoms. The number of hydrogen-bond acceptors (Lipinski definition) is 6. The summed E-state index contributed by atoms with van der Waals surface area (Å²) in [6.07, 6.45) is 3.87. The number of hydrogen-bond donors (Lipinski definition) is 1. The number of unbranched alkanes of at least 4 members (excludes halogenated alkanes) is 2. The van der Waals surface area contributed by atoms with Gasteiger partial charge in [0.1, 0.15) is 17.6 Å². The molecular weight excluding hydrogens is 320 g/mol. The van der Waals surface area contributed by atoms with E-state index in [2.05, 4.69) is 10.1 Å². The van der Waals surface area contributed by atoms with Gasteiger partial charge >= 0.3 is 0 Å². The van der Waals surface area contributed by atoms with Gasteiger partial charge in [-0.15, -0.1) is 0 Å². The molecular formula is C19H24N2O4. The van der Waals surface area contributed by atoms with Crippen LogP contribution >= 0.6 is 0 Å². The number of aliphatic hydroxyl groups is 1. The van der Waals surface area contributed by atoms with E-state index in [0.717, 1.165) is 48.5 Å². The van der Waals surface area contributed by atoms with Gasteiger partial charge < -0.3 is 19.1 Å². The van der Waals surface area contributed by atoms with Crippen molar-refractivity contribution >= 4 is 5.90 Å². The van der Waals surface area contributed by atoms with Gasteiger partial charge in [-0.1, -0.05) is 5.16 Å². The lowest BCUT2D eigenvalue weighted by Gasteiger charge is -2.09. The van der Waals surface area contributed by atoms with Crippen LogP contribution in [0, 0.1) is 6.92 Å². The number of aliphatic imine (C=N–C) groups is 1. The Morgan fingerprint density at radius 2 is 2.04 bits per heavy atom. The molecule has 0 fully saturated rings. The second-order valence-corrected chi connectivity index (χ2v) is 6.19. The van der Waals surface area contributed by atoms with Crippen molar-refractivity contribution in [2.45, 2.75) is 38.7 Å². The van der Waals surface area contributed by atoms with E-state index in [1.54, 1.807) is 0 Å². The van der Waals surface area contributed by atoms with Gasteiger partial charge in [-0.3, -0.25) is 0 Å². The van der Waals surface area contributed by atoms with Gasteiger partial charge in [0, 0.05) is 18.1 Å². The zero-order valence-electron chi connectivity index (χ0n) is 14.5. The summed E-state index contributed by atoms with van der Waals surface area (Å²) in [6, 6.07) is 9.69. The second kappa shape index (κ2) is 8.67. The third-order valence-corrected chi connectivity index (χ3v) is 4.03. The van der Waals surface area contributed by atoms with Crippen LogP contribution in [0.4, 0.5) is 0 Å². The van der Waals surface area contributed by atoms with Crippen LogP contribution < -0.4 is 4.74 Å². The summed E-state index contributed by atoms with van der Waals surface area (Å²) >= 11 is 0. The maximum atomic E-state index is 9.07. The number of rotatable bonds is 9. The first kappa shape index (κ1) is 17.5. The molecule has 0 radical (unpaired) electrons. The van der Waals surface area contributed by atoms with Gasteiger partial charge in [0.2, 0.25) is 5.90 Å². The molecule has 0 saturated carbocycles. The van der Waals surface area contributed by atoms with E-state index >= 15 is 0 Å². The largest absolute Gasteiger partial charge is 0.494 e. The summed E-state index contributed by atoms with van der Waals surface area (Å²) in [5, 5.41) is 13.0. The van der Waals surface area contributed by atoms with Gasteiger partial charge in [-0.05, 0) is 50.5 Å². The van der Waals surface area contributed by atoms with E-state index in [4.69, 9.17) is 19.1 Å². The molecule has 3 rings (SSSR count). The Hall–Kier alpha value is -2.34. The Morgan fingerprint density at radius 1 is 1.20 bits per heavy atom. The van der Waals surface area contributed by atoms with Crippen molar-refractivity contribution in [1.82, 2.24) is 5.16 Å². The molecule has 1 atom stereocenters. The fraction of sp³-hybridized carbons (Fsp3) is 0.474. The van der Waals surface area contributed by atoms with Crippen molar-refractivity contribution in [2.75, 3.05) is 19.8 Å². The summed E-state index contributed by atoms with van der Waals surface area (Å²) in [5.41, 5.74) is 1.84. The zero-order chi connectivity index (χ0) is 17.5. The highest BCUT2D eigenvalue weighted by molar-refractivity contribution is 5.95. The lowest BCUT2D eigenvalue weighted by Crippen LogP contribution is -2.17. The van der Waals surface area contributed by atoms with Crippen LogP contribution in [0.15, 0.2) is 39.8 Å². The maximum Gasteiger partial charge on any atom is 0.216 e. The van der Waals surface area contributed by atoms with Crippen molar-refractivity contribution in [3.05, 3.63) is 47.3 Å². The standard InChI is InChI=1S/C19H24N2O4/c1-14-11-17(25-21-14)5-3-2-4-10-23-16-8-6-15(7-9-16)19-20-12-18(13-22)24-19/h6-9,11,18,22H,2-5,10,12-13H2,1H3. The van der Waals surface area contributed by atoms with Crippen molar-refractivity contribution < 1.29 is 19.1 Å². The van der Waals surface area contributed by atoms with Crippen LogP contribution in [-0.4, -0.2) is 42.0 Å². The summed E-state index contributed by atoms with van der Waals surface area (Å²) in [5.74, 6) is 2.38. The number of aromatic nitrogens is 1. The highest BCUT2D eigenvalue weighted by Gasteiger charge is 2.19. The molecule has 0 amide bonds. The maximum absolute atomic E-state index is 9.07. The lowest BCUT2D eigenvalue weighted by atomic mass is 10.1. The Kier molecular flexibility index (Phi) is 6.06. The van der Waals surface area contributed by atoms with Crippen molar-refractivity contribution in [2.24, 2.45) is 4.99 Å². The molecule has 1 N–H and O–H groups in total. The normalized spacial score (nSPS) is 16.6.